The fourth-order valence-electron chi connectivity index (χ4n) is 3.54. The lowest BCUT2D eigenvalue weighted by molar-refractivity contribution is -0.117. The molecule has 1 aliphatic heterocycles. The summed E-state index contributed by atoms with van der Waals surface area (Å²) in [6.07, 6.45) is 0. The Kier molecular flexibility index (Phi) is 4.87. The van der Waals surface area contributed by atoms with E-state index in [-0.39, 0.29) is 11.8 Å². The Hall–Kier alpha value is -3.87. The number of benzene rings is 2. The number of aryl methyl sites for hydroxylation is 1. The number of rotatable bonds is 4. The van der Waals surface area contributed by atoms with Gasteiger partial charge in [-0.1, -0.05) is 36.4 Å². The van der Waals surface area contributed by atoms with Gasteiger partial charge in [-0.25, -0.2) is 0 Å². The predicted molar refractivity (Wildman–Crippen MR) is 112 cm³/mol. The van der Waals surface area contributed by atoms with Gasteiger partial charge in [-0.3, -0.25) is 19.3 Å². The molecule has 3 aromatic rings. The molecule has 0 saturated heterocycles. The number of nitrogens with one attached hydrogen (secondary N) is 1. The maximum atomic E-state index is 12.9. The standard InChI is InChI=1S/C23H20N4O3/c1-13-11-16(20-17(12-13)22(29)27(3)23(20)30)14(2)21(28)24-19-10-9-18(25-26-19)15-7-5-4-6-8-15/h4-12,14H,1-3H3,(H,24,26,28)/t14-/m1/s1. The highest BCUT2D eigenvalue weighted by atomic mass is 16.2. The summed E-state index contributed by atoms with van der Waals surface area (Å²) >= 11 is 0. The van der Waals surface area contributed by atoms with Crippen molar-refractivity contribution in [2.75, 3.05) is 12.4 Å². The van der Waals surface area contributed by atoms with Crippen LogP contribution >= 0.6 is 0 Å². The highest BCUT2D eigenvalue weighted by Crippen LogP contribution is 2.31. The van der Waals surface area contributed by atoms with Crippen LogP contribution in [0.2, 0.25) is 0 Å². The molecule has 4 rings (SSSR count). The van der Waals surface area contributed by atoms with Crippen LogP contribution in [0.25, 0.3) is 11.3 Å². The number of fused-ring (bicyclic) bond motifs is 1. The van der Waals surface area contributed by atoms with Gasteiger partial charge in [0, 0.05) is 12.6 Å². The molecule has 7 nitrogen and oxygen atoms in total. The van der Waals surface area contributed by atoms with Crippen LogP contribution in [-0.2, 0) is 4.79 Å². The summed E-state index contributed by atoms with van der Waals surface area (Å²) in [6.45, 7) is 3.53. The summed E-state index contributed by atoms with van der Waals surface area (Å²) in [5.41, 5.74) is 3.60. The third-order valence-electron chi connectivity index (χ3n) is 5.21. The molecule has 2 heterocycles. The van der Waals surface area contributed by atoms with Crippen molar-refractivity contribution in [3.63, 3.8) is 0 Å². The molecule has 0 saturated carbocycles. The van der Waals surface area contributed by atoms with Gasteiger partial charge in [0.25, 0.3) is 11.8 Å². The zero-order valence-electron chi connectivity index (χ0n) is 16.8. The van der Waals surface area contributed by atoms with E-state index in [1.165, 1.54) is 7.05 Å². The molecule has 30 heavy (non-hydrogen) atoms. The number of carbonyl (C=O) groups is 3. The van der Waals surface area contributed by atoms with E-state index in [1.54, 1.807) is 31.2 Å². The van der Waals surface area contributed by atoms with Gasteiger partial charge in [-0.2, -0.15) is 0 Å². The Morgan fingerprint density at radius 1 is 1.00 bits per heavy atom. The van der Waals surface area contributed by atoms with Crippen LogP contribution < -0.4 is 5.32 Å². The fourth-order valence-corrected chi connectivity index (χ4v) is 3.54. The summed E-state index contributed by atoms with van der Waals surface area (Å²) < 4.78 is 0. The minimum atomic E-state index is -0.655. The molecular weight excluding hydrogens is 380 g/mol. The highest BCUT2D eigenvalue weighted by molar-refractivity contribution is 6.22. The number of carbonyl (C=O) groups excluding carboxylic acids is 3. The summed E-state index contributed by atoms with van der Waals surface area (Å²) in [5, 5.41) is 11.0. The van der Waals surface area contributed by atoms with Crippen LogP contribution in [0.3, 0.4) is 0 Å². The van der Waals surface area contributed by atoms with E-state index in [2.05, 4.69) is 15.5 Å². The lowest BCUT2D eigenvalue weighted by atomic mass is 9.90. The average molecular weight is 400 g/mol. The molecule has 0 radical (unpaired) electrons. The molecule has 0 bridgehead atoms. The molecule has 1 N–H and O–H groups in total. The van der Waals surface area contributed by atoms with Gasteiger partial charge in [0.15, 0.2) is 5.82 Å². The quantitative estimate of drug-likeness (QED) is 0.678. The van der Waals surface area contributed by atoms with E-state index < -0.39 is 11.8 Å². The van der Waals surface area contributed by atoms with Crippen molar-refractivity contribution in [1.82, 2.24) is 15.1 Å². The van der Waals surface area contributed by atoms with Gasteiger partial charge in [0.2, 0.25) is 5.91 Å². The van der Waals surface area contributed by atoms with Crippen LogP contribution in [0, 0.1) is 6.92 Å². The van der Waals surface area contributed by atoms with Crippen molar-refractivity contribution in [1.29, 1.82) is 0 Å². The van der Waals surface area contributed by atoms with Gasteiger partial charge in [0.05, 0.1) is 22.7 Å². The SMILES string of the molecule is Cc1cc2c(c([C@@H](C)C(=O)Nc3ccc(-c4ccccc4)nn3)c1)C(=O)N(C)C2=O. The van der Waals surface area contributed by atoms with Crippen LogP contribution in [0.4, 0.5) is 5.82 Å². The minimum absolute atomic E-state index is 0.293. The van der Waals surface area contributed by atoms with Gasteiger partial charge in [-0.15, -0.1) is 10.2 Å². The third-order valence-corrected chi connectivity index (χ3v) is 5.21. The van der Waals surface area contributed by atoms with Crippen molar-refractivity contribution in [2.45, 2.75) is 19.8 Å². The molecular formula is C23H20N4O3. The fraction of sp³-hybridized carbons (Fsp3) is 0.174. The minimum Gasteiger partial charge on any atom is -0.309 e. The van der Waals surface area contributed by atoms with Gasteiger partial charge in [-0.05, 0) is 43.2 Å². The van der Waals surface area contributed by atoms with Crippen LogP contribution in [0.1, 0.15) is 44.7 Å². The predicted octanol–water partition coefficient (Wildman–Crippen LogP) is 3.42. The largest absolute Gasteiger partial charge is 0.309 e. The van der Waals surface area contributed by atoms with E-state index >= 15 is 0 Å². The lowest BCUT2D eigenvalue weighted by Crippen LogP contribution is -2.25. The van der Waals surface area contributed by atoms with E-state index in [9.17, 15) is 14.4 Å². The number of hydrogen-bond acceptors (Lipinski definition) is 5. The van der Waals surface area contributed by atoms with E-state index in [0.717, 1.165) is 16.0 Å². The van der Waals surface area contributed by atoms with E-state index in [4.69, 9.17) is 0 Å². The second-order valence-corrected chi connectivity index (χ2v) is 7.33. The molecule has 1 aliphatic rings. The summed E-state index contributed by atoms with van der Waals surface area (Å²) in [6, 6.07) is 16.5. The Labute approximate surface area is 173 Å². The molecule has 0 fully saturated rings. The first-order valence-corrected chi connectivity index (χ1v) is 9.53. The molecule has 0 aliphatic carbocycles. The number of imide groups is 1. The van der Waals surface area contributed by atoms with Crippen LogP contribution in [0.5, 0.6) is 0 Å². The first kappa shape index (κ1) is 19.4. The monoisotopic (exact) mass is 400 g/mol. The van der Waals surface area contributed by atoms with Crippen LogP contribution in [-0.4, -0.2) is 39.9 Å². The van der Waals surface area contributed by atoms with Crippen molar-refractivity contribution >= 4 is 23.5 Å². The Balaban J connectivity index is 1.58. The summed E-state index contributed by atoms with van der Waals surface area (Å²) in [7, 11) is 1.44. The average Bonchev–Trinajstić information content (AvgIpc) is 2.97. The molecule has 1 aromatic heterocycles. The highest BCUT2D eigenvalue weighted by Gasteiger charge is 2.37. The maximum Gasteiger partial charge on any atom is 0.261 e. The third kappa shape index (κ3) is 3.34. The topological polar surface area (TPSA) is 92.3 Å². The van der Waals surface area contributed by atoms with Crippen molar-refractivity contribution in [3.8, 4) is 11.3 Å². The zero-order chi connectivity index (χ0) is 21.4. The first-order chi connectivity index (χ1) is 14.4. The summed E-state index contributed by atoms with van der Waals surface area (Å²) in [4.78, 5) is 38.8. The molecule has 1 atom stereocenters. The Bertz CT molecular complexity index is 1160. The molecule has 0 spiro atoms. The Morgan fingerprint density at radius 2 is 1.73 bits per heavy atom. The smallest absolute Gasteiger partial charge is 0.261 e. The molecule has 150 valence electrons. The second kappa shape index (κ2) is 7.51. The van der Waals surface area contributed by atoms with Crippen molar-refractivity contribution < 1.29 is 14.4 Å². The zero-order valence-corrected chi connectivity index (χ0v) is 16.8. The Morgan fingerprint density at radius 3 is 2.40 bits per heavy atom. The molecule has 2 aromatic carbocycles. The lowest BCUT2D eigenvalue weighted by Gasteiger charge is -2.15. The van der Waals surface area contributed by atoms with Crippen LogP contribution in [0.15, 0.2) is 54.6 Å². The number of anilines is 1. The maximum absolute atomic E-state index is 12.9. The normalized spacial score (nSPS) is 13.9. The van der Waals surface area contributed by atoms with Gasteiger partial charge in [0.1, 0.15) is 0 Å². The summed E-state index contributed by atoms with van der Waals surface area (Å²) in [5.74, 6) is -1.42. The molecule has 3 amide bonds. The number of aromatic nitrogens is 2. The number of amides is 3. The number of hydrogen-bond donors (Lipinski definition) is 1. The van der Waals surface area contributed by atoms with Gasteiger partial charge >= 0.3 is 0 Å². The second-order valence-electron chi connectivity index (χ2n) is 7.33. The van der Waals surface area contributed by atoms with Crippen molar-refractivity contribution in [2.24, 2.45) is 0 Å². The molecule has 7 heteroatoms. The molecule has 0 unspecified atom stereocenters. The van der Waals surface area contributed by atoms with Gasteiger partial charge < -0.3 is 5.32 Å². The van der Waals surface area contributed by atoms with Crippen molar-refractivity contribution in [3.05, 3.63) is 76.9 Å². The number of nitrogens with zero attached hydrogens (tertiary/aromatic N) is 3. The van der Waals surface area contributed by atoms with E-state index in [0.29, 0.717) is 28.2 Å². The first-order valence-electron chi connectivity index (χ1n) is 9.53. The van der Waals surface area contributed by atoms with E-state index in [1.807, 2.05) is 37.3 Å².